The third-order valence-electron chi connectivity index (χ3n) is 3.31. The van der Waals surface area contributed by atoms with Crippen LogP contribution in [0.5, 0.6) is 11.5 Å². The molecule has 3 nitrogen and oxygen atoms in total. The summed E-state index contributed by atoms with van der Waals surface area (Å²) in [5, 5.41) is 9.50. The lowest BCUT2D eigenvalue weighted by Crippen LogP contribution is -2.16. The van der Waals surface area contributed by atoms with E-state index in [0.717, 1.165) is 11.1 Å². The minimum Gasteiger partial charge on any atom is -0.508 e. The largest absolute Gasteiger partial charge is 0.508 e. The third-order valence-corrected chi connectivity index (χ3v) is 3.31. The number of phenolic OH excluding ortho intramolecular Hbond substituents is 1. The second-order valence-electron chi connectivity index (χ2n) is 4.69. The lowest BCUT2D eigenvalue weighted by atomic mass is 9.91. The summed E-state index contributed by atoms with van der Waals surface area (Å²) in [4.78, 5) is 0. The number of phenols is 1. The van der Waals surface area contributed by atoms with Crippen molar-refractivity contribution in [2.75, 3.05) is 13.7 Å². The van der Waals surface area contributed by atoms with E-state index in [9.17, 15) is 9.50 Å². The fraction of sp³-hybridized carbons (Fsp3) is 0.250. The number of hydrogen-bond donors (Lipinski definition) is 2. The van der Waals surface area contributed by atoms with Gasteiger partial charge in [-0.05, 0) is 48.9 Å². The monoisotopic (exact) mass is 275 g/mol. The molecule has 4 heteroatoms. The number of rotatable bonds is 5. The topological polar surface area (TPSA) is 55.5 Å². The van der Waals surface area contributed by atoms with E-state index in [-0.39, 0.29) is 17.5 Å². The average molecular weight is 275 g/mol. The van der Waals surface area contributed by atoms with Crippen LogP contribution < -0.4 is 10.5 Å². The van der Waals surface area contributed by atoms with E-state index < -0.39 is 0 Å². The summed E-state index contributed by atoms with van der Waals surface area (Å²) in [6, 6.07) is 11.4. The number of nitrogens with two attached hydrogens (primary N) is 1. The Morgan fingerprint density at radius 2 is 2.05 bits per heavy atom. The molecule has 0 aliphatic rings. The van der Waals surface area contributed by atoms with Crippen LogP contribution in [0.3, 0.4) is 0 Å². The molecule has 0 aromatic heterocycles. The van der Waals surface area contributed by atoms with Crippen molar-refractivity contribution < 1.29 is 14.2 Å². The van der Waals surface area contributed by atoms with Crippen LogP contribution in [0.1, 0.15) is 17.0 Å². The molecule has 0 amide bonds. The predicted octanol–water partition coefficient (Wildman–Crippen LogP) is 2.82. The molecule has 2 aromatic rings. The molecular weight excluding hydrogens is 257 g/mol. The molecule has 2 aromatic carbocycles. The van der Waals surface area contributed by atoms with Crippen molar-refractivity contribution in [1.82, 2.24) is 0 Å². The van der Waals surface area contributed by atoms with Crippen molar-refractivity contribution in [2.45, 2.75) is 12.3 Å². The first-order valence-corrected chi connectivity index (χ1v) is 6.45. The van der Waals surface area contributed by atoms with E-state index in [1.807, 2.05) is 6.07 Å². The highest BCUT2D eigenvalue weighted by atomic mass is 19.1. The molecule has 0 radical (unpaired) electrons. The fourth-order valence-corrected chi connectivity index (χ4v) is 2.31. The quantitative estimate of drug-likeness (QED) is 0.882. The van der Waals surface area contributed by atoms with Gasteiger partial charge >= 0.3 is 0 Å². The predicted molar refractivity (Wildman–Crippen MR) is 76.6 cm³/mol. The number of aromatic hydroxyl groups is 1. The van der Waals surface area contributed by atoms with Gasteiger partial charge < -0.3 is 15.6 Å². The van der Waals surface area contributed by atoms with Gasteiger partial charge in [-0.3, -0.25) is 0 Å². The van der Waals surface area contributed by atoms with Gasteiger partial charge in [0.15, 0.2) is 0 Å². The molecule has 0 bridgehead atoms. The summed E-state index contributed by atoms with van der Waals surface area (Å²) < 4.78 is 18.7. The van der Waals surface area contributed by atoms with Crippen molar-refractivity contribution in [3.8, 4) is 11.5 Å². The first kappa shape index (κ1) is 14.3. The van der Waals surface area contributed by atoms with Gasteiger partial charge in [0, 0.05) is 11.5 Å². The van der Waals surface area contributed by atoms with Crippen molar-refractivity contribution in [2.24, 2.45) is 5.73 Å². The SMILES string of the molecule is COc1ccc(F)cc1C(CN)Cc1cccc(O)c1. The second kappa shape index (κ2) is 6.39. The molecule has 0 aliphatic carbocycles. The molecule has 0 saturated heterocycles. The highest BCUT2D eigenvalue weighted by Gasteiger charge is 2.16. The van der Waals surface area contributed by atoms with Gasteiger partial charge in [-0.2, -0.15) is 0 Å². The van der Waals surface area contributed by atoms with Gasteiger partial charge in [0.2, 0.25) is 0 Å². The fourth-order valence-electron chi connectivity index (χ4n) is 2.31. The van der Waals surface area contributed by atoms with Crippen molar-refractivity contribution in [3.63, 3.8) is 0 Å². The Kier molecular flexibility index (Phi) is 4.58. The Morgan fingerprint density at radius 3 is 2.70 bits per heavy atom. The van der Waals surface area contributed by atoms with Crippen LogP contribution in [0.15, 0.2) is 42.5 Å². The highest BCUT2D eigenvalue weighted by molar-refractivity contribution is 5.39. The Bertz CT molecular complexity index is 586. The van der Waals surface area contributed by atoms with Gasteiger partial charge in [0.25, 0.3) is 0 Å². The van der Waals surface area contributed by atoms with Gasteiger partial charge in [0.05, 0.1) is 7.11 Å². The van der Waals surface area contributed by atoms with Crippen LogP contribution in [0.2, 0.25) is 0 Å². The smallest absolute Gasteiger partial charge is 0.123 e. The van der Waals surface area contributed by atoms with Crippen LogP contribution in [0.25, 0.3) is 0 Å². The summed E-state index contributed by atoms with van der Waals surface area (Å²) in [6.45, 7) is 0.371. The lowest BCUT2D eigenvalue weighted by Gasteiger charge is -2.18. The Morgan fingerprint density at radius 1 is 1.25 bits per heavy atom. The Balaban J connectivity index is 2.30. The van der Waals surface area contributed by atoms with Crippen LogP contribution >= 0.6 is 0 Å². The maximum Gasteiger partial charge on any atom is 0.123 e. The van der Waals surface area contributed by atoms with Gasteiger partial charge in [-0.1, -0.05) is 12.1 Å². The Hall–Kier alpha value is -2.07. The van der Waals surface area contributed by atoms with Gasteiger partial charge in [-0.15, -0.1) is 0 Å². The van der Waals surface area contributed by atoms with E-state index in [4.69, 9.17) is 10.5 Å². The summed E-state index contributed by atoms with van der Waals surface area (Å²) in [5.41, 5.74) is 7.52. The average Bonchev–Trinajstić information content (AvgIpc) is 2.45. The molecule has 1 atom stereocenters. The molecular formula is C16H18FNO2. The minimum absolute atomic E-state index is 0.0672. The maximum atomic E-state index is 13.4. The number of halogens is 1. The Labute approximate surface area is 117 Å². The molecule has 106 valence electrons. The van der Waals surface area contributed by atoms with Crippen LogP contribution in [-0.4, -0.2) is 18.8 Å². The minimum atomic E-state index is -0.310. The first-order valence-electron chi connectivity index (χ1n) is 6.45. The molecule has 1 unspecified atom stereocenters. The normalized spacial score (nSPS) is 12.2. The number of methoxy groups -OCH3 is 1. The van der Waals surface area contributed by atoms with E-state index >= 15 is 0 Å². The van der Waals surface area contributed by atoms with Crippen LogP contribution in [0.4, 0.5) is 4.39 Å². The van der Waals surface area contributed by atoms with Gasteiger partial charge in [0.1, 0.15) is 17.3 Å². The summed E-state index contributed by atoms with van der Waals surface area (Å²) >= 11 is 0. The maximum absolute atomic E-state index is 13.4. The van der Waals surface area contributed by atoms with Crippen LogP contribution in [0, 0.1) is 5.82 Å². The van der Waals surface area contributed by atoms with E-state index in [1.54, 1.807) is 31.4 Å². The van der Waals surface area contributed by atoms with Crippen LogP contribution in [-0.2, 0) is 6.42 Å². The zero-order chi connectivity index (χ0) is 14.5. The zero-order valence-corrected chi connectivity index (χ0v) is 11.3. The van der Waals surface area contributed by atoms with Crippen molar-refractivity contribution in [3.05, 3.63) is 59.4 Å². The molecule has 0 spiro atoms. The number of ether oxygens (including phenoxy) is 1. The number of hydrogen-bond acceptors (Lipinski definition) is 3. The molecule has 3 N–H and O–H groups in total. The van der Waals surface area contributed by atoms with E-state index in [1.165, 1.54) is 12.1 Å². The molecule has 2 rings (SSSR count). The molecule has 0 heterocycles. The standard InChI is InChI=1S/C16H18FNO2/c1-20-16-6-5-13(17)9-15(16)12(10-18)7-11-3-2-4-14(19)8-11/h2-6,8-9,12,19H,7,10,18H2,1H3. The summed E-state index contributed by atoms with van der Waals surface area (Å²) in [5.74, 6) is 0.462. The van der Waals surface area contributed by atoms with Crippen molar-refractivity contribution in [1.29, 1.82) is 0 Å². The molecule has 0 aliphatic heterocycles. The summed E-state index contributed by atoms with van der Waals surface area (Å²) in [7, 11) is 1.55. The molecule has 0 fully saturated rings. The lowest BCUT2D eigenvalue weighted by molar-refractivity contribution is 0.403. The highest BCUT2D eigenvalue weighted by Crippen LogP contribution is 2.30. The summed E-state index contributed by atoms with van der Waals surface area (Å²) in [6.07, 6.45) is 0.616. The second-order valence-corrected chi connectivity index (χ2v) is 4.69. The van der Waals surface area contributed by atoms with E-state index in [0.29, 0.717) is 18.7 Å². The number of benzene rings is 2. The molecule has 0 saturated carbocycles. The molecule has 20 heavy (non-hydrogen) atoms. The van der Waals surface area contributed by atoms with Gasteiger partial charge in [-0.25, -0.2) is 4.39 Å². The van der Waals surface area contributed by atoms with Crippen molar-refractivity contribution >= 4 is 0 Å². The third kappa shape index (κ3) is 3.27. The zero-order valence-electron chi connectivity index (χ0n) is 11.3. The first-order chi connectivity index (χ1) is 9.63. The van der Waals surface area contributed by atoms with E-state index in [2.05, 4.69) is 0 Å².